The fraction of sp³-hybridized carbons (Fsp3) is 1.00. The van der Waals surface area contributed by atoms with Gasteiger partial charge in [0.2, 0.25) is 0 Å². The Labute approximate surface area is 85.1 Å². The van der Waals surface area contributed by atoms with Crippen LogP contribution in [0.4, 0.5) is 0 Å². The smallest absolute Gasteiger partial charge is 0.0380 e. The molecule has 0 aromatic carbocycles. The standard InChI is InChI=1S/C13H28/c1-10(2)8-12(11(3)4)9-13(5,6)7/h10-12H,8-9H2,1-7H3. The minimum atomic E-state index is 0.490. The highest BCUT2D eigenvalue weighted by atomic mass is 14.3. The summed E-state index contributed by atoms with van der Waals surface area (Å²) in [4.78, 5) is 0. The van der Waals surface area contributed by atoms with E-state index >= 15 is 0 Å². The van der Waals surface area contributed by atoms with Gasteiger partial charge in [-0.3, -0.25) is 0 Å². The zero-order valence-electron chi connectivity index (χ0n) is 10.6. The first kappa shape index (κ1) is 13.0. The molecule has 0 N–H and O–H groups in total. The molecule has 0 heterocycles. The van der Waals surface area contributed by atoms with Crippen molar-refractivity contribution in [3.05, 3.63) is 0 Å². The van der Waals surface area contributed by atoms with Gasteiger partial charge in [-0.2, -0.15) is 0 Å². The maximum Gasteiger partial charge on any atom is -0.0380 e. The van der Waals surface area contributed by atoms with E-state index < -0.39 is 0 Å². The van der Waals surface area contributed by atoms with Crippen molar-refractivity contribution in [2.75, 3.05) is 0 Å². The lowest BCUT2D eigenvalue weighted by atomic mass is 9.76. The molecule has 0 spiro atoms. The Hall–Kier alpha value is 0. The van der Waals surface area contributed by atoms with Gasteiger partial charge in [0.05, 0.1) is 0 Å². The summed E-state index contributed by atoms with van der Waals surface area (Å²) in [5.41, 5.74) is 0.490. The predicted molar refractivity (Wildman–Crippen MR) is 61.9 cm³/mol. The third kappa shape index (κ3) is 7.10. The van der Waals surface area contributed by atoms with Crippen LogP contribution >= 0.6 is 0 Å². The highest BCUT2D eigenvalue weighted by Crippen LogP contribution is 2.32. The van der Waals surface area contributed by atoms with Gasteiger partial charge in [-0.1, -0.05) is 48.5 Å². The van der Waals surface area contributed by atoms with Crippen LogP contribution in [0.2, 0.25) is 0 Å². The molecule has 0 aromatic heterocycles. The predicted octanol–water partition coefficient (Wildman–Crippen LogP) is 4.74. The molecule has 0 fully saturated rings. The van der Waals surface area contributed by atoms with Crippen LogP contribution in [0.5, 0.6) is 0 Å². The van der Waals surface area contributed by atoms with Gasteiger partial charge in [0.1, 0.15) is 0 Å². The second-order valence-corrected chi connectivity index (χ2v) is 6.40. The first-order valence-corrected chi connectivity index (χ1v) is 5.72. The molecule has 0 aromatic rings. The van der Waals surface area contributed by atoms with E-state index in [1.54, 1.807) is 0 Å². The van der Waals surface area contributed by atoms with E-state index in [-0.39, 0.29) is 0 Å². The van der Waals surface area contributed by atoms with E-state index in [1.807, 2.05) is 0 Å². The highest BCUT2D eigenvalue weighted by Gasteiger charge is 2.21. The van der Waals surface area contributed by atoms with Crippen molar-refractivity contribution in [2.45, 2.75) is 61.3 Å². The Bertz CT molecular complexity index is 125. The van der Waals surface area contributed by atoms with Crippen LogP contribution in [0.15, 0.2) is 0 Å². The average molecular weight is 184 g/mol. The number of hydrogen-bond acceptors (Lipinski definition) is 0. The van der Waals surface area contributed by atoms with Crippen molar-refractivity contribution in [1.29, 1.82) is 0 Å². The van der Waals surface area contributed by atoms with Gasteiger partial charge in [0, 0.05) is 0 Å². The lowest BCUT2D eigenvalue weighted by Crippen LogP contribution is -2.19. The lowest BCUT2D eigenvalue weighted by molar-refractivity contribution is 0.213. The second kappa shape index (κ2) is 5.02. The summed E-state index contributed by atoms with van der Waals surface area (Å²) < 4.78 is 0. The minimum absolute atomic E-state index is 0.490. The van der Waals surface area contributed by atoms with Gasteiger partial charge >= 0.3 is 0 Å². The zero-order valence-corrected chi connectivity index (χ0v) is 10.6. The molecular formula is C13H28. The first-order valence-electron chi connectivity index (χ1n) is 5.72. The molecule has 80 valence electrons. The van der Waals surface area contributed by atoms with Crippen LogP contribution in [0, 0.1) is 23.2 Å². The molecule has 1 unspecified atom stereocenters. The SMILES string of the molecule is CC(C)CC(CC(C)(C)C)C(C)C. The van der Waals surface area contributed by atoms with Crippen LogP contribution in [0.3, 0.4) is 0 Å². The van der Waals surface area contributed by atoms with E-state index in [1.165, 1.54) is 12.8 Å². The van der Waals surface area contributed by atoms with Crippen molar-refractivity contribution in [1.82, 2.24) is 0 Å². The van der Waals surface area contributed by atoms with Gasteiger partial charge in [-0.05, 0) is 36.0 Å². The molecule has 0 heteroatoms. The Morgan fingerprint density at radius 3 is 1.62 bits per heavy atom. The zero-order chi connectivity index (χ0) is 10.6. The Kier molecular flexibility index (Phi) is 5.02. The largest absolute Gasteiger partial charge is 0.0628 e. The normalized spacial score (nSPS) is 15.5. The fourth-order valence-corrected chi connectivity index (χ4v) is 1.98. The molecule has 0 radical (unpaired) electrons. The molecule has 0 saturated heterocycles. The van der Waals surface area contributed by atoms with Gasteiger partial charge in [-0.25, -0.2) is 0 Å². The third-order valence-corrected chi connectivity index (χ3v) is 2.59. The number of hydrogen-bond donors (Lipinski definition) is 0. The maximum absolute atomic E-state index is 2.36. The van der Waals surface area contributed by atoms with Crippen molar-refractivity contribution in [2.24, 2.45) is 23.2 Å². The van der Waals surface area contributed by atoms with Crippen molar-refractivity contribution < 1.29 is 0 Å². The summed E-state index contributed by atoms with van der Waals surface area (Å²) in [6.45, 7) is 16.4. The molecule has 0 aliphatic heterocycles. The average Bonchev–Trinajstić information content (AvgIpc) is 1.81. The maximum atomic E-state index is 2.36. The van der Waals surface area contributed by atoms with Gasteiger partial charge in [0.15, 0.2) is 0 Å². The van der Waals surface area contributed by atoms with Crippen molar-refractivity contribution >= 4 is 0 Å². The Morgan fingerprint density at radius 2 is 1.38 bits per heavy atom. The van der Waals surface area contributed by atoms with Crippen molar-refractivity contribution in [3.63, 3.8) is 0 Å². The minimum Gasteiger partial charge on any atom is -0.0628 e. The van der Waals surface area contributed by atoms with Crippen LogP contribution < -0.4 is 0 Å². The second-order valence-electron chi connectivity index (χ2n) is 6.40. The van der Waals surface area contributed by atoms with E-state index in [4.69, 9.17) is 0 Å². The van der Waals surface area contributed by atoms with E-state index in [9.17, 15) is 0 Å². The van der Waals surface area contributed by atoms with Crippen LogP contribution in [-0.4, -0.2) is 0 Å². The number of rotatable bonds is 4. The molecule has 0 aliphatic carbocycles. The molecule has 1 atom stereocenters. The van der Waals surface area contributed by atoms with Crippen molar-refractivity contribution in [3.8, 4) is 0 Å². The van der Waals surface area contributed by atoms with E-state index in [2.05, 4.69) is 48.5 Å². The van der Waals surface area contributed by atoms with Gasteiger partial charge in [-0.15, -0.1) is 0 Å². The fourth-order valence-electron chi connectivity index (χ4n) is 1.98. The molecular weight excluding hydrogens is 156 g/mol. The first-order chi connectivity index (χ1) is 5.72. The van der Waals surface area contributed by atoms with E-state index in [0.29, 0.717) is 5.41 Å². The quantitative estimate of drug-likeness (QED) is 0.592. The van der Waals surface area contributed by atoms with Gasteiger partial charge < -0.3 is 0 Å². The van der Waals surface area contributed by atoms with Crippen LogP contribution in [0.1, 0.15) is 61.3 Å². The molecule has 13 heavy (non-hydrogen) atoms. The molecule has 0 nitrogen and oxygen atoms in total. The third-order valence-electron chi connectivity index (χ3n) is 2.59. The van der Waals surface area contributed by atoms with Crippen LogP contribution in [-0.2, 0) is 0 Å². The topological polar surface area (TPSA) is 0 Å². The lowest BCUT2D eigenvalue weighted by Gasteiger charge is -2.30. The summed E-state index contributed by atoms with van der Waals surface area (Å²) in [6.07, 6.45) is 2.75. The summed E-state index contributed by atoms with van der Waals surface area (Å²) in [7, 11) is 0. The molecule has 0 saturated carbocycles. The summed E-state index contributed by atoms with van der Waals surface area (Å²) in [5, 5.41) is 0. The summed E-state index contributed by atoms with van der Waals surface area (Å²) >= 11 is 0. The molecule has 0 rings (SSSR count). The molecule has 0 aliphatic rings. The highest BCUT2D eigenvalue weighted by molar-refractivity contribution is 4.72. The van der Waals surface area contributed by atoms with E-state index in [0.717, 1.165) is 17.8 Å². The molecule has 0 amide bonds. The van der Waals surface area contributed by atoms with Gasteiger partial charge in [0.25, 0.3) is 0 Å². The summed E-state index contributed by atoms with van der Waals surface area (Å²) in [5.74, 6) is 2.58. The monoisotopic (exact) mass is 184 g/mol. The Balaban J connectivity index is 4.11. The Morgan fingerprint density at radius 1 is 0.923 bits per heavy atom. The summed E-state index contributed by atoms with van der Waals surface area (Å²) in [6, 6.07) is 0. The molecule has 0 bridgehead atoms. The van der Waals surface area contributed by atoms with Crippen LogP contribution in [0.25, 0.3) is 0 Å².